The molecule has 27 heavy (non-hydrogen) atoms. The first-order chi connectivity index (χ1) is 13.2. The highest BCUT2D eigenvalue weighted by Gasteiger charge is 2.01. The van der Waals surface area contributed by atoms with Crippen molar-refractivity contribution >= 4 is 28.7 Å². The Labute approximate surface area is 163 Å². The van der Waals surface area contributed by atoms with E-state index in [2.05, 4.69) is 9.98 Å². The Kier molecular flexibility index (Phi) is 6.35. The molecule has 0 amide bonds. The summed E-state index contributed by atoms with van der Waals surface area (Å²) in [5, 5.41) is 1.99. The van der Waals surface area contributed by atoms with Gasteiger partial charge in [-0.2, -0.15) is 0 Å². The molecule has 0 atom stereocenters. The minimum absolute atomic E-state index is 0.493. The van der Waals surface area contributed by atoms with Gasteiger partial charge in [0.05, 0.1) is 10.6 Å². The number of hydrogen-bond acceptors (Lipinski definition) is 4. The standard InChI is InChI=1S/C21H23N5S/c22-14-16-3-1-4-17(13-16)20(23)25-11-10-15-6-8-18(9-7-15)26-21(24)19-5-2-12-27-19/h1-9,12-13H,10-11,14,22H2,(H2,23,25)(H2,24,26). The first-order valence-corrected chi connectivity index (χ1v) is 9.60. The summed E-state index contributed by atoms with van der Waals surface area (Å²) in [6, 6.07) is 19.8. The molecule has 0 saturated heterocycles. The van der Waals surface area contributed by atoms with Gasteiger partial charge in [0.2, 0.25) is 0 Å². The van der Waals surface area contributed by atoms with Crippen molar-refractivity contribution in [2.75, 3.05) is 6.54 Å². The summed E-state index contributed by atoms with van der Waals surface area (Å²) in [6.07, 6.45) is 0.807. The maximum absolute atomic E-state index is 6.09. The molecular formula is C21H23N5S. The minimum atomic E-state index is 0.493. The van der Waals surface area contributed by atoms with Gasteiger partial charge in [0, 0.05) is 18.7 Å². The smallest absolute Gasteiger partial charge is 0.141 e. The van der Waals surface area contributed by atoms with Crippen LogP contribution in [0.4, 0.5) is 5.69 Å². The number of benzene rings is 2. The van der Waals surface area contributed by atoms with E-state index in [1.807, 2.05) is 66.0 Å². The first kappa shape index (κ1) is 18.8. The summed E-state index contributed by atoms with van der Waals surface area (Å²) in [4.78, 5) is 9.91. The highest BCUT2D eigenvalue weighted by atomic mass is 32.1. The molecule has 0 aliphatic carbocycles. The maximum atomic E-state index is 6.09. The lowest BCUT2D eigenvalue weighted by Gasteiger charge is -2.04. The Morgan fingerprint density at radius 1 is 0.889 bits per heavy atom. The molecule has 1 heterocycles. The number of nitrogens with zero attached hydrogens (tertiary/aromatic N) is 2. The van der Waals surface area contributed by atoms with Gasteiger partial charge < -0.3 is 17.2 Å². The molecule has 3 aromatic rings. The monoisotopic (exact) mass is 377 g/mol. The SMILES string of the molecule is NCc1cccc(C(N)=NCCc2ccc(N=C(N)c3cccs3)cc2)c1. The average Bonchev–Trinajstić information content (AvgIpc) is 3.24. The zero-order valence-electron chi connectivity index (χ0n) is 15.0. The third-order valence-corrected chi connectivity index (χ3v) is 4.99. The minimum Gasteiger partial charge on any atom is -0.384 e. The fraction of sp³-hybridized carbons (Fsp3) is 0.143. The quantitative estimate of drug-likeness (QED) is 0.435. The topological polar surface area (TPSA) is 103 Å². The Hall–Kier alpha value is -2.96. The van der Waals surface area contributed by atoms with Crippen molar-refractivity contribution in [3.8, 4) is 0 Å². The second kappa shape index (κ2) is 9.12. The van der Waals surface area contributed by atoms with Crippen LogP contribution in [0.3, 0.4) is 0 Å². The van der Waals surface area contributed by atoms with Gasteiger partial charge in [0.25, 0.3) is 0 Å². The summed E-state index contributed by atoms with van der Waals surface area (Å²) < 4.78 is 0. The molecule has 6 N–H and O–H groups in total. The van der Waals surface area contributed by atoms with Gasteiger partial charge in [-0.3, -0.25) is 4.99 Å². The van der Waals surface area contributed by atoms with Crippen molar-refractivity contribution in [1.29, 1.82) is 0 Å². The lowest BCUT2D eigenvalue weighted by Crippen LogP contribution is -2.15. The van der Waals surface area contributed by atoms with E-state index < -0.39 is 0 Å². The molecular weight excluding hydrogens is 354 g/mol. The summed E-state index contributed by atoms with van der Waals surface area (Å²) in [7, 11) is 0. The van der Waals surface area contributed by atoms with Gasteiger partial charge in [0.1, 0.15) is 11.7 Å². The van der Waals surface area contributed by atoms with Crippen LogP contribution < -0.4 is 17.2 Å². The third-order valence-electron chi connectivity index (χ3n) is 4.10. The van der Waals surface area contributed by atoms with Crippen LogP contribution in [0.15, 0.2) is 76.0 Å². The zero-order chi connectivity index (χ0) is 19.1. The Morgan fingerprint density at radius 2 is 1.70 bits per heavy atom. The molecule has 2 aromatic carbocycles. The molecule has 0 unspecified atom stereocenters. The highest BCUT2D eigenvalue weighted by molar-refractivity contribution is 7.12. The van der Waals surface area contributed by atoms with Crippen LogP contribution in [0, 0.1) is 0 Å². The highest BCUT2D eigenvalue weighted by Crippen LogP contribution is 2.16. The van der Waals surface area contributed by atoms with Crippen molar-refractivity contribution in [2.45, 2.75) is 13.0 Å². The molecule has 0 spiro atoms. The van der Waals surface area contributed by atoms with E-state index in [4.69, 9.17) is 17.2 Å². The van der Waals surface area contributed by atoms with Crippen LogP contribution in [0.2, 0.25) is 0 Å². The molecule has 0 saturated carbocycles. The second-order valence-corrected chi connectivity index (χ2v) is 7.01. The molecule has 3 rings (SSSR count). The fourth-order valence-electron chi connectivity index (χ4n) is 2.61. The summed E-state index contributed by atoms with van der Waals surface area (Å²) in [6.45, 7) is 1.12. The van der Waals surface area contributed by atoms with Gasteiger partial charge in [-0.15, -0.1) is 11.3 Å². The third kappa shape index (κ3) is 5.26. The molecule has 0 aliphatic rings. The lowest BCUT2D eigenvalue weighted by molar-refractivity contribution is 0.965. The lowest BCUT2D eigenvalue weighted by atomic mass is 10.1. The molecule has 138 valence electrons. The van der Waals surface area contributed by atoms with Crippen molar-refractivity contribution in [2.24, 2.45) is 27.2 Å². The van der Waals surface area contributed by atoms with Crippen LogP contribution in [0.25, 0.3) is 0 Å². The van der Waals surface area contributed by atoms with E-state index in [0.29, 0.717) is 24.8 Å². The maximum Gasteiger partial charge on any atom is 0.141 e. The zero-order valence-corrected chi connectivity index (χ0v) is 15.8. The molecule has 1 aromatic heterocycles. The van der Waals surface area contributed by atoms with E-state index in [1.54, 1.807) is 11.3 Å². The summed E-state index contributed by atoms with van der Waals surface area (Å²) >= 11 is 1.58. The van der Waals surface area contributed by atoms with Gasteiger partial charge in [-0.25, -0.2) is 4.99 Å². The molecule has 0 fully saturated rings. The van der Waals surface area contributed by atoms with Crippen molar-refractivity contribution in [3.05, 3.63) is 87.6 Å². The predicted octanol–water partition coefficient (Wildman–Crippen LogP) is 3.19. The van der Waals surface area contributed by atoms with E-state index in [0.717, 1.165) is 28.1 Å². The normalized spacial score (nSPS) is 12.3. The Bertz CT molecular complexity index is 927. The van der Waals surface area contributed by atoms with Crippen LogP contribution in [-0.2, 0) is 13.0 Å². The average molecular weight is 378 g/mol. The Balaban J connectivity index is 1.59. The van der Waals surface area contributed by atoms with Crippen LogP contribution in [-0.4, -0.2) is 18.2 Å². The molecule has 0 radical (unpaired) electrons. The van der Waals surface area contributed by atoms with Crippen molar-refractivity contribution < 1.29 is 0 Å². The van der Waals surface area contributed by atoms with Gasteiger partial charge in [-0.05, 0) is 47.2 Å². The largest absolute Gasteiger partial charge is 0.384 e. The van der Waals surface area contributed by atoms with Gasteiger partial charge in [0.15, 0.2) is 0 Å². The fourth-order valence-corrected chi connectivity index (χ4v) is 3.24. The number of hydrogen-bond donors (Lipinski definition) is 3. The van der Waals surface area contributed by atoms with Crippen LogP contribution in [0.1, 0.15) is 21.6 Å². The number of aliphatic imine (C=N–C) groups is 2. The summed E-state index contributed by atoms with van der Waals surface area (Å²) in [5.41, 5.74) is 21.7. The number of nitrogens with two attached hydrogens (primary N) is 3. The van der Waals surface area contributed by atoms with Crippen LogP contribution in [0.5, 0.6) is 0 Å². The second-order valence-electron chi connectivity index (χ2n) is 6.06. The predicted molar refractivity (Wildman–Crippen MR) is 115 cm³/mol. The first-order valence-electron chi connectivity index (χ1n) is 8.72. The van der Waals surface area contributed by atoms with Gasteiger partial charge >= 0.3 is 0 Å². The molecule has 0 aliphatic heterocycles. The molecule has 0 bridgehead atoms. The van der Waals surface area contributed by atoms with E-state index in [-0.39, 0.29) is 0 Å². The van der Waals surface area contributed by atoms with Crippen LogP contribution >= 0.6 is 11.3 Å². The van der Waals surface area contributed by atoms with E-state index in [9.17, 15) is 0 Å². The molecule has 6 heteroatoms. The number of rotatable bonds is 7. The van der Waals surface area contributed by atoms with Gasteiger partial charge in [-0.1, -0.05) is 36.4 Å². The number of amidine groups is 2. The Morgan fingerprint density at radius 3 is 2.41 bits per heavy atom. The van der Waals surface area contributed by atoms with E-state index >= 15 is 0 Å². The van der Waals surface area contributed by atoms with Crippen molar-refractivity contribution in [1.82, 2.24) is 0 Å². The van der Waals surface area contributed by atoms with E-state index in [1.165, 1.54) is 5.56 Å². The molecule has 5 nitrogen and oxygen atoms in total. The number of thiophene rings is 1. The summed E-state index contributed by atoms with van der Waals surface area (Å²) in [5.74, 6) is 1.07. The van der Waals surface area contributed by atoms with Crippen molar-refractivity contribution in [3.63, 3.8) is 0 Å².